The second-order valence-corrected chi connectivity index (χ2v) is 6.72. The molecule has 2 nitrogen and oxygen atoms in total. The lowest BCUT2D eigenvalue weighted by molar-refractivity contribution is 0.0939. The number of hydrogen-bond acceptors (Lipinski definition) is 1. The third-order valence-corrected chi connectivity index (χ3v) is 5.03. The Morgan fingerprint density at radius 2 is 1.90 bits per heavy atom. The van der Waals surface area contributed by atoms with Gasteiger partial charge in [-0.2, -0.15) is 0 Å². The SMILES string of the molecule is C[C@@H](NC(=O)c1ccccc1I)c1ccc2c(c1)CCC2. The van der Waals surface area contributed by atoms with Crippen LogP contribution in [0, 0.1) is 3.57 Å². The second-order valence-electron chi connectivity index (χ2n) is 5.56. The van der Waals surface area contributed by atoms with Gasteiger partial charge in [0.05, 0.1) is 11.6 Å². The van der Waals surface area contributed by atoms with Crippen molar-refractivity contribution in [2.75, 3.05) is 0 Å². The van der Waals surface area contributed by atoms with Gasteiger partial charge in [0, 0.05) is 3.57 Å². The fraction of sp³-hybridized carbons (Fsp3) is 0.278. The monoisotopic (exact) mass is 391 g/mol. The van der Waals surface area contributed by atoms with Crippen LogP contribution in [0.4, 0.5) is 0 Å². The van der Waals surface area contributed by atoms with E-state index in [-0.39, 0.29) is 11.9 Å². The molecule has 0 spiro atoms. The highest BCUT2D eigenvalue weighted by Gasteiger charge is 2.16. The van der Waals surface area contributed by atoms with Crippen molar-refractivity contribution in [3.05, 3.63) is 68.3 Å². The molecule has 2 aromatic rings. The number of benzene rings is 2. The predicted molar refractivity (Wildman–Crippen MR) is 93.5 cm³/mol. The normalized spacial score (nSPS) is 14.6. The Hall–Kier alpha value is -1.36. The summed E-state index contributed by atoms with van der Waals surface area (Å²) < 4.78 is 0.980. The highest BCUT2D eigenvalue weighted by molar-refractivity contribution is 14.1. The van der Waals surface area contributed by atoms with E-state index in [2.05, 4.69) is 46.1 Å². The maximum atomic E-state index is 12.4. The standard InChI is InChI=1S/C18H18INO/c1-12(14-10-9-13-5-4-6-15(13)11-14)20-18(21)16-7-2-3-8-17(16)19/h2-3,7-12H,4-6H2,1H3,(H,20,21)/t12-/m1/s1. The summed E-state index contributed by atoms with van der Waals surface area (Å²) in [4.78, 5) is 12.4. The molecule has 108 valence electrons. The van der Waals surface area contributed by atoms with Crippen LogP contribution in [-0.2, 0) is 12.8 Å². The van der Waals surface area contributed by atoms with Gasteiger partial charge in [-0.3, -0.25) is 4.79 Å². The number of hydrogen-bond donors (Lipinski definition) is 1. The Balaban J connectivity index is 1.76. The van der Waals surface area contributed by atoms with Crippen LogP contribution < -0.4 is 5.32 Å². The minimum absolute atomic E-state index is 0.00648. The van der Waals surface area contributed by atoms with Gasteiger partial charge >= 0.3 is 0 Å². The first kappa shape index (κ1) is 14.6. The number of amides is 1. The lowest BCUT2D eigenvalue weighted by Gasteiger charge is -2.16. The summed E-state index contributed by atoms with van der Waals surface area (Å²) in [7, 11) is 0. The van der Waals surface area contributed by atoms with Gasteiger partial charge in [0.1, 0.15) is 0 Å². The Bertz CT molecular complexity index is 681. The summed E-state index contributed by atoms with van der Waals surface area (Å²) in [5, 5.41) is 3.10. The van der Waals surface area contributed by atoms with E-state index in [1.807, 2.05) is 31.2 Å². The molecule has 1 aliphatic rings. The van der Waals surface area contributed by atoms with E-state index in [1.54, 1.807) is 0 Å². The largest absolute Gasteiger partial charge is 0.345 e. The van der Waals surface area contributed by atoms with Crippen LogP contribution in [0.25, 0.3) is 0 Å². The molecule has 0 aromatic heterocycles. The number of carbonyl (C=O) groups is 1. The molecular weight excluding hydrogens is 373 g/mol. The summed E-state index contributed by atoms with van der Waals surface area (Å²) in [6, 6.07) is 14.3. The Morgan fingerprint density at radius 3 is 2.71 bits per heavy atom. The predicted octanol–water partition coefficient (Wildman–Crippen LogP) is 4.27. The molecule has 1 N–H and O–H groups in total. The highest BCUT2D eigenvalue weighted by atomic mass is 127. The second kappa shape index (κ2) is 6.18. The van der Waals surface area contributed by atoms with Crippen molar-refractivity contribution in [1.82, 2.24) is 5.32 Å². The molecule has 2 aromatic carbocycles. The van der Waals surface area contributed by atoms with E-state index in [1.165, 1.54) is 36.0 Å². The quantitative estimate of drug-likeness (QED) is 0.778. The average molecular weight is 391 g/mol. The van der Waals surface area contributed by atoms with Crippen molar-refractivity contribution in [1.29, 1.82) is 0 Å². The Kier molecular flexibility index (Phi) is 4.29. The van der Waals surface area contributed by atoms with Crippen LogP contribution in [0.3, 0.4) is 0 Å². The fourth-order valence-electron chi connectivity index (χ4n) is 2.86. The van der Waals surface area contributed by atoms with Crippen LogP contribution in [-0.4, -0.2) is 5.91 Å². The molecule has 0 unspecified atom stereocenters. The number of nitrogens with one attached hydrogen (secondary N) is 1. The van der Waals surface area contributed by atoms with Gasteiger partial charge < -0.3 is 5.32 Å². The number of aryl methyl sites for hydroxylation is 2. The van der Waals surface area contributed by atoms with E-state index in [0.29, 0.717) is 0 Å². The number of rotatable bonds is 3. The van der Waals surface area contributed by atoms with Gasteiger partial charge in [-0.15, -0.1) is 0 Å². The first-order valence-corrected chi connectivity index (χ1v) is 8.40. The van der Waals surface area contributed by atoms with Crippen molar-refractivity contribution in [2.24, 2.45) is 0 Å². The Labute approximate surface area is 139 Å². The van der Waals surface area contributed by atoms with Crippen molar-refractivity contribution >= 4 is 28.5 Å². The summed E-state index contributed by atoms with van der Waals surface area (Å²) in [6.45, 7) is 2.05. The fourth-order valence-corrected chi connectivity index (χ4v) is 3.50. The van der Waals surface area contributed by atoms with Crippen LogP contribution in [0.5, 0.6) is 0 Å². The number of carbonyl (C=O) groups excluding carboxylic acids is 1. The maximum absolute atomic E-state index is 12.4. The molecule has 21 heavy (non-hydrogen) atoms. The van der Waals surface area contributed by atoms with Gasteiger partial charge in [-0.1, -0.05) is 30.3 Å². The summed E-state index contributed by atoms with van der Waals surface area (Å²) in [5.74, 6) is -0.00648. The molecule has 0 saturated carbocycles. The lowest BCUT2D eigenvalue weighted by atomic mass is 10.0. The molecule has 0 fully saturated rings. The van der Waals surface area contributed by atoms with E-state index >= 15 is 0 Å². The van der Waals surface area contributed by atoms with E-state index < -0.39 is 0 Å². The van der Waals surface area contributed by atoms with Crippen molar-refractivity contribution < 1.29 is 4.79 Å². The molecule has 1 atom stereocenters. The van der Waals surface area contributed by atoms with E-state index in [0.717, 1.165) is 9.13 Å². The molecule has 3 heteroatoms. The Morgan fingerprint density at radius 1 is 1.14 bits per heavy atom. The maximum Gasteiger partial charge on any atom is 0.252 e. The van der Waals surface area contributed by atoms with E-state index in [4.69, 9.17) is 0 Å². The average Bonchev–Trinajstić information content (AvgIpc) is 2.94. The van der Waals surface area contributed by atoms with Gasteiger partial charge in [0.15, 0.2) is 0 Å². The number of halogens is 1. The molecule has 1 amide bonds. The highest BCUT2D eigenvalue weighted by Crippen LogP contribution is 2.25. The van der Waals surface area contributed by atoms with Crippen molar-refractivity contribution in [3.8, 4) is 0 Å². The molecule has 0 bridgehead atoms. The first-order valence-electron chi connectivity index (χ1n) is 7.32. The summed E-state index contributed by atoms with van der Waals surface area (Å²) >= 11 is 2.20. The van der Waals surface area contributed by atoms with Crippen LogP contribution in [0.2, 0.25) is 0 Å². The summed E-state index contributed by atoms with van der Waals surface area (Å²) in [5.41, 5.74) is 4.85. The third kappa shape index (κ3) is 3.12. The molecule has 3 rings (SSSR count). The first-order chi connectivity index (χ1) is 10.1. The zero-order chi connectivity index (χ0) is 14.8. The minimum atomic E-state index is -0.00648. The third-order valence-electron chi connectivity index (χ3n) is 4.09. The summed E-state index contributed by atoms with van der Waals surface area (Å²) in [6.07, 6.45) is 3.61. The van der Waals surface area contributed by atoms with E-state index in [9.17, 15) is 4.79 Å². The molecule has 0 aliphatic heterocycles. The van der Waals surface area contributed by atoms with Gasteiger partial charge in [0.25, 0.3) is 5.91 Å². The molecular formula is C18H18INO. The lowest BCUT2D eigenvalue weighted by Crippen LogP contribution is -2.27. The minimum Gasteiger partial charge on any atom is -0.345 e. The topological polar surface area (TPSA) is 29.1 Å². The molecule has 0 saturated heterocycles. The molecule has 0 radical (unpaired) electrons. The zero-order valence-corrected chi connectivity index (χ0v) is 14.2. The van der Waals surface area contributed by atoms with Gasteiger partial charge in [-0.05, 0) is 77.6 Å². The smallest absolute Gasteiger partial charge is 0.252 e. The number of fused-ring (bicyclic) bond motifs is 1. The van der Waals surface area contributed by atoms with Crippen LogP contribution >= 0.6 is 22.6 Å². The van der Waals surface area contributed by atoms with Crippen LogP contribution in [0.15, 0.2) is 42.5 Å². The van der Waals surface area contributed by atoms with Gasteiger partial charge in [-0.25, -0.2) is 0 Å². The van der Waals surface area contributed by atoms with Crippen LogP contribution in [0.1, 0.15) is 46.4 Å². The zero-order valence-electron chi connectivity index (χ0n) is 12.0. The molecule has 1 aliphatic carbocycles. The van der Waals surface area contributed by atoms with Gasteiger partial charge in [0.2, 0.25) is 0 Å². The van der Waals surface area contributed by atoms with Crippen molar-refractivity contribution in [2.45, 2.75) is 32.2 Å². The molecule has 0 heterocycles. The van der Waals surface area contributed by atoms with Crippen molar-refractivity contribution in [3.63, 3.8) is 0 Å².